The number of guanidine groups is 1. The highest BCUT2D eigenvalue weighted by molar-refractivity contribution is 5.73. The molecule has 0 fully saturated rings. The van der Waals surface area contributed by atoms with Crippen LogP contribution in [0.25, 0.3) is 0 Å². The smallest absolute Gasteiger partial charge is 0.403 e. The summed E-state index contributed by atoms with van der Waals surface area (Å²) in [7, 11) is 1.83. The number of β-amino-alcohol motifs (C(OH)–C–C–N with tert-alkyl or cyclic N) is 1. The van der Waals surface area contributed by atoms with Crippen LogP contribution in [0.15, 0.2) is 22.4 Å². The van der Waals surface area contributed by atoms with E-state index in [1.54, 1.807) is 6.07 Å². The van der Waals surface area contributed by atoms with Crippen LogP contribution in [0.1, 0.15) is 11.7 Å². The number of phenolic OH excluding ortho intramolecular Hbond substituents is 1. The van der Waals surface area contributed by atoms with Gasteiger partial charge in [-0.2, -0.15) is 0 Å². The molecule has 1 aromatic rings. The van der Waals surface area contributed by atoms with Gasteiger partial charge in [-0.05, 0) is 6.07 Å². The lowest BCUT2D eigenvalue weighted by Crippen LogP contribution is -2.43. The highest BCUT2D eigenvalue weighted by atomic mass is 16.3. The molecule has 1 atom stereocenters. The number of aliphatic hydroxyl groups is 1. The zero-order chi connectivity index (χ0) is 12.6. The molecule has 7 nitrogen and oxygen atoms in total. The van der Waals surface area contributed by atoms with E-state index in [1.807, 2.05) is 11.9 Å². The zero-order valence-electron chi connectivity index (χ0n) is 9.33. The third kappa shape index (κ3) is 2.04. The second-order valence-electron chi connectivity index (χ2n) is 3.92. The number of hydrogen-bond donors (Lipinski definition) is 4. The van der Waals surface area contributed by atoms with Gasteiger partial charge in [-0.3, -0.25) is 11.1 Å². The molecule has 0 aromatic heterocycles. The molecule has 7 heteroatoms. The van der Waals surface area contributed by atoms with Gasteiger partial charge in [0.25, 0.3) is 0 Å². The highest BCUT2D eigenvalue weighted by Gasteiger charge is 2.26. The average Bonchev–Trinajstić information content (AvgIpc) is 2.51. The van der Waals surface area contributed by atoms with Gasteiger partial charge in [-0.15, -0.1) is 0 Å². The number of phenols is 1. The molecule has 0 saturated heterocycles. The molecular formula is C10H14N5O2+. The van der Waals surface area contributed by atoms with Crippen molar-refractivity contribution < 1.29 is 15.6 Å². The number of azo groups is 1. The minimum absolute atomic E-state index is 0.0327. The summed E-state index contributed by atoms with van der Waals surface area (Å²) in [6.45, 7) is 0.487. The van der Waals surface area contributed by atoms with E-state index in [0.717, 1.165) is 5.69 Å². The number of anilines is 1. The zero-order valence-corrected chi connectivity index (χ0v) is 9.33. The minimum Gasteiger partial charge on any atom is -0.505 e. The van der Waals surface area contributed by atoms with Gasteiger partial charge in [-0.25, -0.2) is 0 Å². The molecule has 0 bridgehead atoms. The second-order valence-corrected chi connectivity index (χ2v) is 3.92. The first kappa shape index (κ1) is 11.3. The van der Waals surface area contributed by atoms with E-state index in [4.69, 9.17) is 11.1 Å². The van der Waals surface area contributed by atoms with Crippen LogP contribution in [-0.2, 0) is 0 Å². The highest BCUT2D eigenvalue weighted by Crippen LogP contribution is 2.41. The van der Waals surface area contributed by atoms with Gasteiger partial charge in [0.1, 0.15) is 11.4 Å². The fourth-order valence-corrected chi connectivity index (χ4v) is 1.83. The van der Waals surface area contributed by atoms with Crippen molar-refractivity contribution in [2.45, 2.75) is 6.10 Å². The summed E-state index contributed by atoms with van der Waals surface area (Å²) in [4.78, 5) is 1.85. The van der Waals surface area contributed by atoms with Crippen molar-refractivity contribution in [1.82, 2.24) is 0 Å². The summed E-state index contributed by atoms with van der Waals surface area (Å²) in [5.74, 6) is -0.225. The van der Waals surface area contributed by atoms with Gasteiger partial charge in [0.05, 0.1) is 6.10 Å². The Morgan fingerprint density at radius 1 is 1.59 bits per heavy atom. The normalized spacial score (nSPS) is 18.7. The number of hydrogen-bond acceptors (Lipinski definition) is 4. The van der Waals surface area contributed by atoms with Crippen molar-refractivity contribution >= 4 is 17.3 Å². The first-order chi connectivity index (χ1) is 7.99. The fourth-order valence-electron chi connectivity index (χ4n) is 1.83. The number of rotatable bonds is 1. The molecule has 0 saturated carbocycles. The summed E-state index contributed by atoms with van der Waals surface area (Å²) >= 11 is 0. The average molecular weight is 236 g/mol. The summed E-state index contributed by atoms with van der Waals surface area (Å²) in [5.41, 5.74) is 6.86. The van der Waals surface area contributed by atoms with Crippen LogP contribution >= 0.6 is 0 Å². The minimum atomic E-state index is -0.594. The number of likely N-dealkylation sites (N-methyl/N-ethyl adjacent to an activating group) is 1. The lowest BCUT2D eigenvalue weighted by molar-refractivity contribution is -0.117. The Balaban J connectivity index is 2.44. The fraction of sp³-hybridized carbons (Fsp3) is 0.300. The Bertz CT molecular complexity index is 500. The number of aromatic hydroxyl groups is 1. The number of fused-ring (bicyclic) bond motifs is 1. The molecule has 0 spiro atoms. The SMILES string of the molecule is CN1C[C@@H](O)c2cc(N=NC(N)=[NH2+])c(O)cc21. The molecule has 1 aliphatic heterocycles. The van der Waals surface area contributed by atoms with Crippen LogP contribution in [0, 0.1) is 0 Å². The predicted octanol–water partition coefficient (Wildman–Crippen LogP) is -0.967. The Labute approximate surface area is 97.7 Å². The summed E-state index contributed by atoms with van der Waals surface area (Å²) < 4.78 is 0. The van der Waals surface area contributed by atoms with Crippen LogP contribution in [0.3, 0.4) is 0 Å². The topological polar surface area (TPSA) is 120 Å². The monoisotopic (exact) mass is 236 g/mol. The Morgan fingerprint density at radius 3 is 2.94 bits per heavy atom. The summed E-state index contributed by atoms with van der Waals surface area (Å²) in [5, 5.41) is 31.8. The van der Waals surface area contributed by atoms with E-state index >= 15 is 0 Å². The number of benzene rings is 1. The van der Waals surface area contributed by atoms with E-state index in [2.05, 4.69) is 10.2 Å². The molecule has 0 radical (unpaired) electrons. The van der Waals surface area contributed by atoms with Gasteiger partial charge >= 0.3 is 5.96 Å². The molecule has 0 aliphatic carbocycles. The van der Waals surface area contributed by atoms with Crippen LogP contribution in [0.2, 0.25) is 0 Å². The maximum atomic E-state index is 9.79. The molecule has 2 rings (SSSR count). The van der Waals surface area contributed by atoms with Crippen LogP contribution in [0.5, 0.6) is 5.75 Å². The van der Waals surface area contributed by atoms with Crippen molar-refractivity contribution in [1.29, 1.82) is 0 Å². The number of nitrogens with zero attached hydrogens (tertiary/aromatic N) is 3. The van der Waals surface area contributed by atoms with Crippen LogP contribution in [-0.4, -0.2) is 29.8 Å². The number of nitrogens with two attached hydrogens (primary N) is 2. The summed E-state index contributed by atoms with van der Waals surface area (Å²) in [6.07, 6.45) is -0.594. The Hall–Kier alpha value is -2.15. The van der Waals surface area contributed by atoms with Crippen molar-refractivity contribution in [3.8, 4) is 5.75 Å². The molecule has 90 valence electrons. The summed E-state index contributed by atoms with van der Waals surface area (Å²) in [6, 6.07) is 3.11. The second kappa shape index (κ2) is 4.02. The lowest BCUT2D eigenvalue weighted by Gasteiger charge is -2.11. The van der Waals surface area contributed by atoms with Crippen LogP contribution < -0.4 is 16.0 Å². The maximum Gasteiger partial charge on any atom is 0.403 e. The van der Waals surface area contributed by atoms with Gasteiger partial charge < -0.3 is 15.1 Å². The lowest BCUT2D eigenvalue weighted by atomic mass is 10.1. The third-order valence-corrected chi connectivity index (χ3v) is 2.61. The first-order valence-corrected chi connectivity index (χ1v) is 5.05. The van der Waals surface area contributed by atoms with Crippen molar-refractivity contribution in [3.63, 3.8) is 0 Å². The van der Waals surface area contributed by atoms with E-state index in [9.17, 15) is 10.2 Å². The quantitative estimate of drug-likeness (QED) is 0.285. The largest absolute Gasteiger partial charge is 0.505 e. The van der Waals surface area contributed by atoms with E-state index in [-0.39, 0.29) is 17.4 Å². The maximum absolute atomic E-state index is 9.79. The van der Waals surface area contributed by atoms with Crippen LogP contribution in [0.4, 0.5) is 11.4 Å². The van der Waals surface area contributed by atoms with Gasteiger partial charge in [0.2, 0.25) is 0 Å². The molecule has 6 N–H and O–H groups in total. The molecule has 0 amide bonds. The van der Waals surface area contributed by atoms with Crippen molar-refractivity contribution in [3.05, 3.63) is 17.7 Å². The van der Waals surface area contributed by atoms with E-state index in [1.165, 1.54) is 6.07 Å². The molecule has 1 heterocycles. The molecule has 1 aromatic carbocycles. The standard InChI is InChI=1S/C10H13N5O2/c1-15-4-9(17)5-2-6(13-14-10(11)12)8(16)3-7(5)15/h2-3,9,16-17H,4H2,1H3,(H3,11,12)/p+1/t9-/m1/s1. The first-order valence-electron chi connectivity index (χ1n) is 5.05. The predicted molar refractivity (Wildman–Crippen MR) is 62.0 cm³/mol. The van der Waals surface area contributed by atoms with E-state index in [0.29, 0.717) is 12.1 Å². The van der Waals surface area contributed by atoms with Gasteiger partial charge in [0, 0.05) is 36.0 Å². The molecule has 0 unspecified atom stereocenters. The molecular weight excluding hydrogens is 222 g/mol. The number of aliphatic hydroxyl groups excluding tert-OH is 1. The third-order valence-electron chi connectivity index (χ3n) is 2.61. The molecule has 17 heavy (non-hydrogen) atoms. The van der Waals surface area contributed by atoms with Crippen molar-refractivity contribution in [2.24, 2.45) is 16.0 Å². The van der Waals surface area contributed by atoms with Gasteiger partial charge in [-0.1, -0.05) is 5.11 Å². The van der Waals surface area contributed by atoms with Gasteiger partial charge in [0.15, 0.2) is 0 Å². The van der Waals surface area contributed by atoms with E-state index < -0.39 is 6.10 Å². The van der Waals surface area contributed by atoms with Crippen molar-refractivity contribution in [2.75, 3.05) is 18.5 Å². The Kier molecular flexibility index (Phi) is 2.68. The molecule has 1 aliphatic rings. The Morgan fingerprint density at radius 2 is 2.29 bits per heavy atom.